The van der Waals surface area contributed by atoms with Gasteiger partial charge in [-0.15, -0.1) is 12.4 Å². The SMILES string of the molecule is CC(C)c1ccc([C@@]23C[C@@H]2CN(CCCSc2nccc(=O)[nH]2)C3)cc1.Cl. The van der Waals surface area contributed by atoms with E-state index >= 15 is 0 Å². The molecule has 4 rings (SSSR count). The van der Waals surface area contributed by atoms with Gasteiger partial charge in [-0.25, -0.2) is 4.98 Å². The van der Waals surface area contributed by atoms with Crippen molar-refractivity contribution in [3.05, 3.63) is 58.0 Å². The van der Waals surface area contributed by atoms with E-state index in [-0.39, 0.29) is 18.0 Å². The predicted octanol–water partition coefficient (Wildman–Crippen LogP) is 4.07. The van der Waals surface area contributed by atoms with Crippen molar-refractivity contribution < 1.29 is 0 Å². The van der Waals surface area contributed by atoms with Crippen LogP contribution in [-0.2, 0) is 5.41 Å². The fraction of sp³-hybridized carbons (Fsp3) is 0.524. The topological polar surface area (TPSA) is 49.0 Å². The molecular weight excluding hydrogens is 378 g/mol. The summed E-state index contributed by atoms with van der Waals surface area (Å²) in [7, 11) is 0. The lowest BCUT2D eigenvalue weighted by Gasteiger charge is -2.21. The third-order valence-corrected chi connectivity index (χ3v) is 6.85. The van der Waals surface area contributed by atoms with Crippen molar-refractivity contribution >= 4 is 24.2 Å². The maximum Gasteiger partial charge on any atom is 0.251 e. The van der Waals surface area contributed by atoms with Crippen LogP contribution in [0.25, 0.3) is 0 Å². The van der Waals surface area contributed by atoms with Gasteiger partial charge < -0.3 is 9.88 Å². The van der Waals surface area contributed by atoms with Crippen molar-refractivity contribution in [2.45, 2.75) is 43.2 Å². The normalized spacial score (nSPS) is 23.9. The van der Waals surface area contributed by atoms with Crippen molar-refractivity contribution in [3.8, 4) is 0 Å². The fourth-order valence-electron chi connectivity index (χ4n) is 4.29. The number of fused-ring (bicyclic) bond motifs is 1. The Hall–Kier alpha value is -1.30. The fourth-order valence-corrected chi connectivity index (χ4v) is 5.06. The molecule has 2 aromatic rings. The number of hydrogen-bond donors (Lipinski definition) is 1. The van der Waals surface area contributed by atoms with E-state index in [1.165, 1.54) is 36.7 Å². The van der Waals surface area contributed by atoms with Gasteiger partial charge in [0.2, 0.25) is 0 Å². The van der Waals surface area contributed by atoms with Gasteiger partial charge in [0.1, 0.15) is 0 Å². The first-order valence-corrected chi connectivity index (χ1v) is 10.6. The molecule has 0 spiro atoms. The summed E-state index contributed by atoms with van der Waals surface area (Å²) in [5.41, 5.74) is 3.32. The maximum absolute atomic E-state index is 11.3. The minimum atomic E-state index is -0.0763. The molecule has 1 aliphatic heterocycles. The van der Waals surface area contributed by atoms with Crippen LogP contribution in [0.15, 0.2) is 46.5 Å². The van der Waals surface area contributed by atoms with Crippen LogP contribution in [0, 0.1) is 5.92 Å². The van der Waals surface area contributed by atoms with E-state index in [1.807, 2.05) is 0 Å². The monoisotopic (exact) mass is 405 g/mol. The number of likely N-dealkylation sites (tertiary alicyclic amines) is 1. The van der Waals surface area contributed by atoms with Crippen LogP contribution in [0.5, 0.6) is 0 Å². The summed E-state index contributed by atoms with van der Waals surface area (Å²) in [5, 5.41) is 0.725. The Kier molecular flexibility index (Phi) is 6.34. The Labute approximate surface area is 171 Å². The third kappa shape index (κ3) is 4.41. The summed E-state index contributed by atoms with van der Waals surface area (Å²) in [5.74, 6) is 2.43. The molecule has 1 saturated heterocycles. The average Bonchev–Trinajstić information content (AvgIpc) is 3.21. The number of halogens is 1. The van der Waals surface area contributed by atoms with E-state index in [2.05, 4.69) is 53.0 Å². The Bertz CT molecular complexity index is 823. The molecule has 1 N–H and O–H groups in total. The van der Waals surface area contributed by atoms with Crippen LogP contribution in [0.4, 0.5) is 0 Å². The second-order valence-corrected chi connectivity index (χ2v) is 9.09. The Balaban J connectivity index is 0.00000210. The van der Waals surface area contributed by atoms with E-state index in [0.717, 1.165) is 29.8 Å². The number of thioether (sulfide) groups is 1. The molecule has 0 unspecified atom stereocenters. The van der Waals surface area contributed by atoms with Gasteiger partial charge in [-0.2, -0.15) is 0 Å². The van der Waals surface area contributed by atoms with Gasteiger partial charge in [-0.3, -0.25) is 4.79 Å². The second kappa shape index (κ2) is 8.38. The number of H-pyrrole nitrogens is 1. The second-order valence-electron chi connectivity index (χ2n) is 8.01. The molecule has 2 heterocycles. The number of nitrogens with one attached hydrogen (secondary N) is 1. The highest BCUT2D eigenvalue weighted by Crippen LogP contribution is 2.59. The van der Waals surface area contributed by atoms with Crippen molar-refractivity contribution in [2.75, 3.05) is 25.4 Å². The van der Waals surface area contributed by atoms with Crippen molar-refractivity contribution in [1.82, 2.24) is 14.9 Å². The number of rotatable bonds is 7. The molecular formula is C21H28ClN3OS. The summed E-state index contributed by atoms with van der Waals surface area (Å²) in [4.78, 5) is 20.9. The Morgan fingerprint density at radius 2 is 2.07 bits per heavy atom. The molecule has 1 aromatic heterocycles. The van der Waals surface area contributed by atoms with Crippen molar-refractivity contribution in [2.24, 2.45) is 5.92 Å². The summed E-state index contributed by atoms with van der Waals surface area (Å²) in [6.45, 7) is 8.07. The molecule has 27 heavy (non-hydrogen) atoms. The lowest BCUT2D eigenvalue weighted by Crippen LogP contribution is -2.27. The van der Waals surface area contributed by atoms with Crippen LogP contribution < -0.4 is 5.56 Å². The standard InChI is InChI=1S/C21H27N3OS.ClH/c1-15(2)16-4-6-17(7-5-16)21-12-18(21)13-24(14-21)10-3-11-26-20-22-9-8-19(25)23-20;/h4-9,15,18H,3,10-14H2,1-2H3,(H,22,23,25);1H/t18-,21+;/m1./s1. The first-order valence-electron chi connectivity index (χ1n) is 9.58. The molecule has 1 aromatic carbocycles. The zero-order valence-electron chi connectivity index (χ0n) is 16.0. The number of hydrogen-bond acceptors (Lipinski definition) is 4. The van der Waals surface area contributed by atoms with Crippen LogP contribution in [0.3, 0.4) is 0 Å². The lowest BCUT2D eigenvalue weighted by atomic mass is 9.92. The molecule has 6 heteroatoms. The molecule has 4 nitrogen and oxygen atoms in total. The number of benzene rings is 1. The molecule has 2 aliphatic rings. The summed E-state index contributed by atoms with van der Waals surface area (Å²) in [6, 6.07) is 10.8. The third-order valence-electron chi connectivity index (χ3n) is 5.87. The average molecular weight is 406 g/mol. The minimum absolute atomic E-state index is 0. The maximum atomic E-state index is 11.3. The Morgan fingerprint density at radius 3 is 2.78 bits per heavy atom. The minimum Gasteiger partial charge on any atom is -0.302 e. The van der Waals surface area contributed by atoms with Gasteiger partial charge in [0.15, 0.2) is 5.16 Å². The number of aromatic nitrogens is 2. The zero-order valence-corrected chi connectivity index (χ0v) is 17.6. The summed E-state index contributed by atoms with van der Waals surface area (Å²) >= 11 is 1.64. The number of piperidine rings is 1. The molecule has 0 amide bonds. The number of aromatic amines is 1. The first-order chi connectivity index (χ1) is 12.6. The predicted molar refractivity (Wildman–Crippen MR) is 114 cm³/mol. The van der Waals surface area contributed by atoms with Gasteiger partial charge in [0.25, 0.3) is 5.56 Å². The van der Waals surface area contributed by atoms with Gasteiger partial charge in [0, 0.05) is 36.5 Å². The van der Waals surface area contributed by atoms with E-state index < -0.39 is 0 Å². The van der Waals surface area contributed by atoms with Crippen LogP contribution in [-0.4, -0.2) is 40.3 Å². The highest BCUT2D eigenvalue weighted by atomic mass is 35.5. The first kappa shape index (κ1) is 20.4. The zero-order chi connectivity index (χ0) is 18.1. The lowest BCUT2D eigenvalue weighted by molar-refractivity contribution is 0.299. The quantitative estimate of drug-likeness (QED) is 0.428. The molecule has 0 bridgehead atoms. The highest BCUT2D eigenvalue weighted by Gasteiger charge is 2.60. The molecule has 2 atom stereocenters. The van der Waals surface area contributed by atoms with Gasteiger partial charge in [0.05, 0.1) is 0 Å². The van der Waals surface area contributed by atoms with E-state index in [9.17, 15) is 4.79 Å². The molecule has 0 radical (unpaired) electrons. The number of nitrogens with zero attached hydrogens (tertiary/aromatic N) is 2. The Morgan fingerprint density at radius 1 is 1.30 bits per heavy atom. The highest BCUT2D eigenvalue weighted by molar-refractivity contribution is 7.99. The molecule has 1 aliphatic carbocycles. The van der Waals surface area contributed by atoms with Gasteiger partial charge in [-0.05, 0) is 42.3 Å². The van der Waals surface area contributed by atoms with Crippen molar-refractivity contribution in [1.29, 1.82) is 0 Å². The summed E-state index contributed by atoms with van der Waals surface area (Å²) < 4.78 is 0. The van der Waals surface area contributed by atoms with E-state index in [1.54, 1.807) is 18.0 Å². The van der Waals surface area contributed by atoms with Gasteiger partial charge >= 0.3 is 0 Å². The van der Waals surface area contributed by atoms with Crippen LogP contribution in [0.1, 0.15) is 43.7 Å². The van der Waals surface area contributed by atoms with E-state index in [0.29, 0.717) is 11.3 Å². The van der Waals surface area contributed by atoms with Crippen LogP contribution in [0.2, 0.25) is 0 Å². The van der Waals surface area contributed by atoms with Gasteiger partial charge in [-0.1, -0.05) is 49.9 Å². The smallest absolute Gasteiger partial charge is 0.251 e. The molecule has 2 fully saturated rings. The largest absolute Gasteiger partial charge is 0.302 e. The summed E-state index contributed by atoms with van der Waals surface area (Å²) in [6.07, 6.45) is 4.05. The van der Waals surface area contributed by atoms with Crippen molar-refractivity contribution in [3.63, 3.8) is 0 Å². The molecule has 1 saturated carbocycles. The molecule has 146 valence electrons. The van der Waals surface area contributed by atoms with E-state index in [4.69, 9.17) is 0 Å². The van der Waals surface area contributed by atoms with Crippen LogP contribution >= 0.6 is 24.2 Å².